The molecule has 0 spiro atoms. The van der Waals surface area contributed by atoms with E-state index in [1.807, 2.05) is 0 Å². The first-order chi connectivity index (χ1) is 15.1. The molecule has 11 heteroatoms. The number of nitrogens with zero attached hydrogens (tertiary/aromatic N) is 2. The fourth-order valence-electron chi connectivity index (χ4n) is 3.02. The predicted octanol–water partition coefficient (Wildman–Crippen LogP) is 2.30. The molecule has 1 aromatic heterocycles. The number of nitrogens with one attached hydrogen (secondary N) is 2. The molecule has 8 nitrogen and oxygen atoms in total. The molecule has 0 atom stereocenters. The molecule has 166 valence electrons. The minimum atomic E-state index is -4.47. The smallest absolute Gasteiger partial charge is 0.384 e. The maximum Gasteiger partial charge on any atom is 0.416 e. The van der Waals surface area contributed by atoms with Gasteiger partial charge in [-0.3, -0.25) is 19.1 Å². The number of aryl methyl sites for hydroxylation is 1. The molecule has 0 aliphatic heterocycles. The maximum atomic E-state index is 12.7. The van der Waals surface area contributed by atoms with Crippen LogP contribution in [0.4, 0.5) is 18.9 Å². The number of benzene rings is 2. The number of aromatic nitrogens is 2. The minimum absolute atomic E-state index is 0.177. The molecule has 0 radical (unpaired) electrons. The van der Waals surface area contributed by atoms with Gasteiger partial charge in [-0.2, -0.15) is 18.2 Å². The highest BCUT2D eigenvalue weighted by Gasteiger charge is 2.30. The molecule has 0 saturated carbocycles. The molecule has 0 aliphatic rings. The number of aliphatic imine (C=N–C) groups is 1. The zero-order valence-corrected chi connectivity index (χ0v) is 16.7. The lowest BCUT2D eigenvalue weighted by Crippen LogP contribution is -2.29. The number of hydrogen-bond donors (Lipinski definition) is 3. The van der Waals surface area contributed by atoms with Gasteiger partial charge in [0, 0.05) is 18.9 Å². The van der Waals surface area contributed by atoms with E-state index in [1.54, 1.807) is 18.2 Å². The SMILES string of the molecule is Cn1c(=O)[nH]c(=O)c2c(CC(=O)N=C(N)/C=C\Nc3cccc(C(F)(F)F)c3)cccc21. The molecule has 4 N–H and O–H groups in total. The van der Waals surface area contributed by atoms with Gasteiger partial charge in [0.2, 0.25) is 0 Å². The number of alkyl halides is 3. The number of fused-ring (bicyclic) bond motifs is 1. The molecular weight excluding hydrogens is 427 g/mol. The fourth-order valence-corrected chi connectivity index (χ4v) is 3.02. The zero-order valence-electron chi connectivity index (χ0n) is 16.7. The topological polar surface area (TPSA) is 122 Å². The molecule has 0 unspecified atom stereocenters. The molecule has 0 bridgehead atoms. The standard InChI is InChI=1S/C21H18F3N5O3/c1-29-15-7-2-4-12(18(15)19(31)28-20(29)32)10-17(30)27-16(25)8-9-26-14-6-3-5-13(11-14)21(22,23)24/h2-9,11,26H,10H2,1H3,(H2,25,27,30)(H,28,31,32)/b9-8-. The number of amidine groups is 1. The van der Waals surface area contributed by atoms with E-state index in [9.17, 15) is 27.6 Å². The Bertz CT molecular complexity index is 1350. The summed E-state index contributed by atoms with van der Waals surface area (Å²) >= 11 is 0. The summed E-state index contributed by atoms with van der Waals surface area (Å²) in [6.45, 7) is 0. The molecular formula is C21H18F3N5O3. The van der Waals surface area contributed by atoms with E-state index in [-0.39, 0.29) is 23.3 Å². The van der Waals surface area contributed by atoms with Crippen LogP contribution in [-0.2, 0) is 24.4 Å². The van der Waals surface area contributed by atoms with Gasteiger partial charge in [0.05, 0.1) is 22.9 Å². The van der Waals surface area contributed by atoms with Crippen molar-refractivity contribution >= 4 is 28.3 Å². The summed E-state index contributed by atoms with van der Waals surface area (Å²) in [6.07, 6.45) is -2.24. The summed E-state index contributed by atoms with van der Waals surface area (Å²) < 4.78 is 39.5. The lowest BCUT2D eigenvalue weighted by molar-refractivity contribution is -0.137. The number of hydrogen-bond acceptors (Lipinski definition) is 4. The normalized spacial score (nSPS) is 12.4. The average molecular weight is 445 g/mol. The largest absolute Gasteiger partial charge is 0.416 e. The Kier molecular flexibility index (Phi) is 6.28. The van der Waals surface area contributed by atoms with Gasteiger partial charge in [-0.05, 0) is 35.9 Å². The van der Waals surface area contributed by atoms with Crippen LogP contribution >= 0.6 is 0 Å². The molecule has 1 amide bonds. The predicted molar refractivity (Wildman–Crippen MR) is 114 cm³/mol. The highest BCUT2D eigenvalue weighted by Crippen LogP contribution is 2.30. The third-order valence-electron chi connectivity index (χ3n) is 4.53. The van der Waals surface area contributed by atoms with Crippen molar-refractivity contribution < 1.29 is 18.0 Å². The Balaban J connectivity index is 1.73. The Morgan fingerprint density at radius 2 is 1.94 bits per heavy atom. The van der Waals surface area contributed by atoms with Crippen molar-refractivity contribution in [2.45, 2.75) is 12.6 Å². The van der Waals surface area contributed by atoms with Crippen LogP contribution in [-0.4, -0.2) is 21.3 Å². The lowest BCUT2D eigenvalue weighted by atomic mass is 10.1. The van der Waals surface area contributed by atoms with Gasteiger partial charge in [-0.25, -0.2) is 4.79 Å². The number of rotatable bonds is 5. The summed E-state index contributed by atoms with van der Waals surface area (Å²) in [5.74, 6) is -0.831. The van der Waals surface area contributed by atoms with Crippen molar-refractivity contribution in [3.8, 4) is 0 Å². The van der Waals surface area contributed by atoms with E-state index in [2.05, 4.69) is 15.3 Å². The van der Waals surface area contributed by atoms with Gasteiger partial charge in [0.25, 0.3) is 11.5 Å². The Morgan fingerprint density at radius 1 is 1.22 bits per heavy atom. The first kappa shape index (κ1) is 22.5. The highest BCUT2D eigenvalue weighted by atomic mass is 19.4. The van der Waals surface area contributed by atoms with Gasteiger partial charge in [0.1, 0.15) is 5.84 Å². The summed E-state index contributed by atoms with van der Waals surface area (Å²) in [6, 6.07) is 9.31. The van der Waals surface area contributed by atoms with Crippen LogP contribution in [0.25, 0.3) is 10.9 Å². The van der Waals surface area contributed by atoms with E-state index in [0.717, 1.165) is 12.1 Å². The highest BCUT2D eigenvalue weighted by molar-refractivity contribution is 6.01. The molecule has 1 heterocycles. The van der Waals surface area contributed by atoms with Crippen LogP contribution < -0.4 is 22.3 Å². The first-order valence-corrected chi connectivity index (χ1v) is 9.24. The second kappa shape index (κ2) is 8.92. The molecule has 0 aliphatic carbocycles. The van der Waals surface area contributed by atoms with Crippen molar-refractivity contribution in [1.82, 2.24) is 9.55 Å². The van der Waals surface area contributed by atoms with Crippen molar-refractivity contribution in [2.75, 3.05) is 5.32 Å². The van der Waals surface area contributed by atoms with Crippen LogP contribution in [0, 0.1) is 0 Å². The summed E-state index contributed by atoms with van der Waals surface area (Å²) in [4.78, 5) is 42.1. The van der Waals surface area contributed by atoms with E-state index < -0.39 is 28.9 Å². The van der Waals surface area contributed by atoms with Gasteiger partial charge < -0.3 is 11.1 Å². The van der Waals surface area contributed by atoms with Gasteiger partial charge in [-0.15, -0.1) is 0 Å². The van der Waals surface area contributed by atoms with E-state index >= 15 is 0 Å². The minimum Gasteiger partial charge on any atom is -0.384 e. The number of aromatic amines is 1. The fraction of sp³-hybridized carbons (Fsp3) is 0.143. The Hall–Kier alpha value is -4.15. The van der Waals surface area contributed by atoms with Gasteiger partial charge >= 0.3 is 11.9 Å². The molecule has 32 heavy (non-hydrogen) atoms. The number of nitrogens with two attached hydrogens (primary N) is 1. The average Bonchev–Trinajstić information content (AvgIpc) is 2.71. The molecule has 3 aromatic rings. The number of halogens is 3. The number of carbonyl (C=O) groups excluding carboxylic acids is 1. The summed E-state index contributed by atoms with van der Waals surface area (Å²) in [5, 5.41) is 2.82. The van der Waals surface area contributed by atoms with Crippen LogP contribution in [0.3, 0.4) is 0 Å². The number of amides is 1. The molecule has 0 fully saturated rings. The zero-order chi connectivity index (χ0) is 23.5. The molecule has 3 rings (SSSR count). The van der Waals surface area contributed by atoms with Crippen molar-refractivity contribution in [2.24, 2.45) is 17.8 Å². The third-order valence-corrected chi connectivity index (χ3v) is 4.53. The van der Waals surface area contributed by atoms with Crippen molar-refractivity contribution in [3.63, 3.8) is 0 Å². The number of carbonyl (C=O) groups is 1. The van der Waals surface area contributed by atoms with Gasteiger partial charge in [0.15, 0.2) is 0 Å². The van der Waals surface area contributed by atoms with Crippen LogP contribution in [0.2, 0.25) is 0 Å². The maximum absolute atomic E-state index is 12.7. The summed E-state index contributed by atoms with van der Waals surface area (Å²) in [5.41, 5.74) is 4.59. The quantitative estimate of drug-likeness (QED) is 0.411. The second-order valence-corrected chi connectivity index (χ2v) is 6.79. The van der Waals surface area contributed by atoms with Gasteiger partial charge in [-0.1, -0.05) is 18.2 Å². The number of H-pyrrole nitrogens is 1. The molecule has 0 saturated heterocycles. The van der Waals surface area contributed by atoms with Crippen molar-refractivity contribution in [3.05, 3.63) is 86.7 Å². The molecule has 2 aromatic carbocycles. The Labute approximate surface area is 178 Å². The summed E-state index contributed by atoms with van der Waals surface area (Å²) in [7, 11) is 1.49. The lowest BCUT2D eigenvalue weighted by Gasteiger charge is -2.08. The van der Waals surface area contributed by atoms with Crippen molar-refractivity contribution in [1.29, 1.82) is 0 Å². The monoisotopic (exact) mass is 445 g/mol. The van der Waals surface area contributed by atoms with E-state index in [0.29, 0.717) is 11.1 Å². The third kappa shape index (κ3) is 5.12. The van der Waals surface area contributed by atoms with E-state index in [4.69, 9.17) is 5.73 Å². The van der Waals surface area contributed by atoms with Crippen LogP contribution in [0.15, 0.2) is 69.3 Å². The van der Waals surface area contributed by atoms with E-state index in [1.165, 1.54) is 36.0 Å². The Morgan fingerprint density at radius 3 is 2.66 bits per heavy atom. The van der Waals surface area contributed by atoms with Crippen LogP contribution in [0.1, 0.15) is 11.1 Å². The second-order valence-electron chi connectivity index (χ2n) is 6.79. The number of anilines is 1. The first-order valence-electron chi connectivity index (χ1n) is 9.24. The van der Waals surface area contributed by atoms with Crippen LogP contribution in [0.5, 0.6) is 0 Å².